The normalized spacial score (nSPS) is 13.2. The van der Waals surface area contributed by atoms with Crippen LogP contribution in [0.1, 0.15) is 27.2 Å². The topological polar surface area (TPSA) is 46.5 Å². The Kier molecular flexibility index (Phi) is 4.86. The Hall–Kier alpha value is -0.570. The zero-order valence-corrected chi connectivity index (χ0v) is 7.33. The van der Waals surface area contributed by atoms with Crippen molar-refractivity contribution >= 4 is 5.97 Å². The van der Waals surface area contributed by atoms with E-state index in [2.05, 4.69) is 0 Å². The fraction of sp³-hybridized carbons (Fsp3) is 0.875. The van der Waals surface area contributed by atoms with Crippen LogP contribution in [0, 0.1) is 5.92 Å². The molecule has 11 heavy (non-hydrogen) atoms. The maximum Gasteiger partial charge on any atom is 0.308 e. The molecule has 66 valence electrons. The molecular weight excluding hydrogens is 144 g/mol. The molecule has 0 fully saturated rings. The van der Waals surface area contributed by atoms with Gasteiger partial charge in [0, 0.05) is 0 Å². The second-order valence-electron chi connectivity index (χ2n) is 2.85. The number of hydrogen-bond donors (Lipinski definition) is 1. The van der Waals surface area contributed by atoms with Crippen molar-refractivity contribution in [3.05, 3.63) is 0 Å². The van der Waals surface area contributed by atoms with E-state index in [1.54, 1.807) is 13.8 Å². The van der Waals surface area contributed by atoms with Crippen LogP contribution in [-0.4, -0.2) is 23.8 Å². The van der Waals surface area contributed by atoms with Crippen molar-refractivity contribution in [2.45, 2.75) is 33.3 Å². The zero-order chi connectivity index (χ0) is 8.85. The van der Waals surface area contributed by atoms with Gasteiger partial charge in [-0.2, -0.15) is 0 Å². The fourth-order valence-corrected chi connectivity index (χ4v) is 0.463. The summed E-state index contributed by atoms with van der Waals surface area (Å²) in [4.78, 5) is 10.8. The second-order valence-corrected chi connectivity index (χ2v) is 2.85. The van der Waals surface area contributed by atoms with Gasteiger partial charge in [-0.15, -0.1) is 0 Å². The van der Waals surface area contributed by atoms with Gasteiger partial charge in [0.2, 0.25) is 0 Å². The molecule has 3 heteroatoms. The minimum Gasteiger partial charge on any atom is -0.463 e. The zero-order valence-electron chi connectivity index (χ0n) is 7.33. The quantitative estimate of drug-likeness (QED) is 0.623. The number of rotatable bonds is 4. The summed E-state index contributed by atoms with van der Waals surface area (Å²) >= 11 is 0. The summed E-state index contributed by atoms with van der Waals surface area (Å²) in [7, 11) is 0. The molecule has 1 N–H and O–H groups in total. The van der Waals surface area contributed by atoms with Crippen LogP contribution in [-0.2, 0) is 9.53 Å². The van der Waals surface area contributed by atoms with Gasteiger partial charge in [0.05, 0.1) is 12.0 Å². The molecule has 0 aromatic heterocycles. The molecule has 0 rings (SSSR count). The van der Waals surface area contributed by atoms with E-state index in [-0.39, 0.29) is 18.5 Å². The van der Waals surface area contributed by atoms with Crippen LogP contribution in [0.25, 0.3) is 0 Å². The van der Waals surface area contributed by atoms with Crippen molar-refractivity contribution in [1.82, 2.24) is 0 Å². The lowest BCUT2D eigenvalue weighted by Crippen LogP contribution is -2.20. The first-order valence-electron chi connectivity index (χ1n) is 3.92. The van der Waals surface area contributed by atoms with Crippen LogP contribution >= 0.6 is 0 Å². The van der Waals surface area contributed by atoms with Crippen molar-refractivity contribution in [2.75, 3.05) is 6.61 Å². The highest BCUT2D eigenvalue weighted by Crippen LogP contribution is 1.98. The van der Waals surface area contributed by atoms with Crippen molar-refractivity contribution in [3.8, 4) is 0 Å². The van der Waals surface area contributed by atoms with Crippen LogP contribution in [0.5, 0.6) is 0 Å². The minimum absolute atomic E-state index is 0.112. The number of esters is 1. The molecule has 0 bridgehead atoms. The summed E-state index contributed by atoms with van der Waals surface area (Å²) in [6.07, 6.45) is 0.100. The average molecular weight is 160 g/mol. The van der Waals surface area contributed by atoms with E-state index in [4.69, 9.17) is 9.84 Å². The monoisotopic (exact) mass is 160 g/mol. The SMILES string of the molecule is CCC(O)COC(=O)C(C)C. The molecule has 0 saturated carbocycles. The highest BCUT2D eigenvalue weighted by atomic mass is 16.5. The second kappa shape index (κ2) is 5.13. The first-order chi connectivity index (χ1) is 5.07. The van der Waals surface area contributed by atoms with E-state index in [9.17, 15) is 4.79 Å². The molecule has 0 aromatic carbocycles. The van der Waals surface area contributed by atoms with Gasteiger partial charge in [0.1, 0.15) is 6.61 Å². The van der Waals surface area contributed by atoms with Crippen LogP contribution in [0.2, 0.25) is 0 Å². The summed E-state index contributed by atoms with van der Waals surface area (Å²) in [5, 5.41) is 9.01. The number of ether oxygens (including phenoxy) is 1. The molecule has 0 radical (unpaired) electrons. The third kappa shape index (κ3) is 4.79. The lowest BCUT2D eigenvalue weighted by atomic mass is 10.2. The molecule has 0 aromatic rings. The largest absolute Gasteiger partial charge is 0.463 e. The highest BCUT2D eigenvalue weighted by Gasteiger charge is 2.09. The number of hydrogen-bond acceptors (Lipinski definition) is 3. The standard InChI is InChI=1S/C8H16O3/c1-4-7(9)5-11-8(10)6(2)3/h6-7,9H,4-5H2,1-3H3. The van der Waals surface area contributed by atoms with Crippen molar-refractivity contribution in [2.24, 2.45) is 5.92 Å². The number of aliphatic hydroxyl groups is 1. The summed E-state index contributed by atoms with van der Waals surface area (Å²) in [6, 6.07) is 0. The number of carbonyl (C=O) groups excluding carboxylic acids is 1. The van der Waals surface area contributed by atoms with Gasteiger partial charge < -0.3 is 9.84 Å². The summed E-state index contributed by atoms with van der Waals surface area (Å²) in [5.41, 5.74) is 0. The Morgan fingerprint density at radius 1 is 1.55 bits per heavy atom. The van der Waals surface area contributed by atoms with Gasteiger partial charge in [-0.3, -0.25) is 4.79 Å². The van der Waals surface area contributed by atoms with Gasteiger partial charge in [0.25, 0.3) is 0 Å². The lowest BCUT2D eigenvalue weighted by molar-refractivity contribution is -0.150. The lowest BCUT2D eigenvalue weighted by Gasteiger charge is -2.09. The first kappa shape index (κ1) is 10.4. The predicted molar refractivity (Wildman–Crippen MR) is 42.1 cm³/mol. The first-order valence-corrected chi connectivity index (χ1v) is 3.92. The van der Waals surface area contributed by atoms with Crippen LogP contribution in [0.4, 0.5) is 0 Å². The maximum atomic E-state index is 10.8. The molecule has 0 aliphatic carbocycles. The van der Waals surface area contributed by atoms with E-state index < -0.39 is 6.10 Å². The van der Waals surface area contributed by atoms with E-state index >= 15 is 0 Å². The average Bonchev–Trinajstić information content (AvgIpc) is 1.99. The molecule has 3 nitrogen and oxygen atoms in total. The molecule has 0 spiro atoms. The Bertz CT molecular complexity index is 121. The Balaban J connectivity index is 3.46. The van der Waals surface area contributed by atoms with Crippen LogP contribution < -0.4 is 0 Å². The van der Waals surface area contributed by atoms with Crippen molar-refractivity contribution in [3.63, 3.8) is 0 Å². The van der Waals surface area contributed by atoms with Gasteiger partial charge >= 0.3 is 5.97 Å². The summed E-state index contributed by atoms with van der Waals surface area (Å²) in [6.45, 7) is 5.49. The molecule has 0 amide bonds. The molecule has 1 atom stereocenters. The smallest absolute Gasteiger partial charge is 0.308 e. The van der Waals surface area contributed by atoms with Gasteiger partial charge in [-0.25, -0.2) is 0 Å². The van der Waals surface area contributed by atoms with Gasteiger partial charge in [-0.1, -0.05) is 20.8 Å². The molecule has 0 aliphatic rings. The van der Waals surface area contributed by atoms with Crippen molar-refractivity contribution in [1.29, 1.82) is 0 Å². The maximum absolute atomic E-state index is 10.8. The number of aliphatic hydroxyl groups excluding tert-OH is 1. The predicted octanol–water partition coefficient (Wildman–Crippen LogP) is 0.956. The minimum atomic E-state index is -0.516. The van der Waals surface area contributed by atoms with E-state index in [1.807, 2.05) is 6.92 Å². The molecule has 0 heterocycles. The highest BCUT2D eigenvalue weighted by molar-refractivity contribution is 5.71. The number of carbonyl (C=O) groups is 1. The summed E-state index contributed by atoms with van der Waals surface area (Å²) < 4.78 is 4.77. The van der Waals surface area contributed by atoms with Gasteiger partial charge in [0.15, 0.2) is 0 Å². The molecule has 1 unspecified atom stereocenters. The molecule has 0 saturated heterocycles. The fourth-order valence-electron chi connectivity index (χ4n) is 0.463. The molecular formula is C8H16O3. The van der Waals surface area contributed by atoms with E-state index in [0.717, 1.165) is 0 Å². The third-order valence-corrected chi connectivity index (χ3v) is 1.36. The Labute approximate surface area is 67.4 Å². The molecule has 0 aliphatic heterocycles. The summed E-state index contributed by atoms with van der Waals surface area (Å²) in [5.74, 6) is -0.364. The Morgan fingerprint density at radius 3 is 2.45 bits per heavy atom. The Morgan fingerprint density at radius 2 is 2.09 bits per heavy atom. The van der Waals surface area contributed by atoms with Crippen molar-refractivity contribution < 1.29 is 14.6 Å². The van der Waals surface area contributed by atoms with Gasteiger partial charge in [-0.05, 0) is 6.42 Å². The van der Waals surface area contributed by atoms with E-state index in [0.29, 0.717) is 6.42 Å². The third-order valence-electron chi connectivity index (χ3n) is 1.36. The van der Waals surface area contributed by atoms with Crippen LogP contribution in [0.15, 0.2) is 0 Å². The van der Waals surface area contributed by atoms with E-state index in [1.165, 1.54) is 0 Å². The van der Waals surface area contributed by atoms with Crippen LogP contribution in [0.3, 0.4) is 0 Å².